The first-order chi connectivity index (χ1) is 11.2. The highest BCUT2D eigenvalue weighted by Crippen LogP contribution is 2.30. The van der Waals surface area contributed by atoms with Crippen LogP contribution in [0.1, 0.15) is 42.2 Å². The number of rotatable bonds is 5. The van der Waals surface area contributed by atoms with Gasteiger partial charge in [-0.2, -0.15) is 11.8 Å². The van der Waals surface area contributed by atoms with Gasteiger partial charge in [0.05, 0.1) is 6.54 Å². The van der Waals surface area contributed by atoms with Crippen LogP contribution in [-0.2, 0) is 13.1 Å². The second kappa shape index (κ2) is 7.49. The number of hydrogen-bond donors (Lipinski definition) is 0. The lowest BCUT2D eigenvalue weighted by Gasteiger charge is -2.35. The molecule has 0 amide bonds. The second-order valence-corrected chi connectivity index (χ2v) is 7.44. The lowest BCUT2D eigenvalue weighted by molar-refractivity contribution is 0.203. The summed E-state index contributed by atoms with van der Waals surface area (Å²) in [5, 5.41) is 8.73. The molecule has 124 valence electrons. The highest BCUT2D eigenvalue weighted by Gasteiger charge is 2.26. The molecule has 23 heavy (non-hydrogen) atoms. The Morgan fingerprint density at radius 3 is 2.70 bits per heavy atom. The van der Waals surface area contributed by atoms with E-state index in [2.05, 4.69) is 76.5 Å². The predicted octanol–water partition coefficient (Wildman–Crippen LogP) is 3.60. The number of aromatic nitrogens is 3. The maximum atomic E-state index is 4.44. The number of hydrogen-bond acceptors (Lipinski definition) is 4. The van der Waals surface area contributed by atoms with Crippen LogP contribution in [0.15, 0.2) is 24.3 Å². The summed E-state index contributed by atoms with van der Waals surface area (Å²) in [5.74, 6) is 4.49. The Labute approximate surface area is 143 Å². The molecule has 0 unspecified atom stereocenters. The van der Waals surface area contributed by atoms with E-state index in [-0.39, 0.29) is 0 Å². The van der Waals surface area contributed by atoms with Crippen molar-refractivity contribution in [3.63, 3.8) is 0 Å². The summed E-state index contributed by atoms with van der Waals surface area (Å²) in [4.78, 5) is 2.57. The topological polar surface area (TPSA) is 34.0 Å². The molecule has 0 bridgehead atoms. The van der Waals surface area contributed by atoms with Crippen LogP contribution in [0.4, 0.5) is 0 Å². The fourth-order valence-electron chi connectivity index (χ4n) is 3.16. The van der Waals surface area contributed by atoms with E-state index in [1.807, 2.05) is 0 Å². The van der Waals surface area contributed by atoms with Gasteiger partial charge in [0.1, 0.15) is 11.6 Å². The average molecular weight is 331 g/mol. The molecular formula is C18H26N4S. The van der Waals surface area contributed by atoms with Crippen LogP contribution in [-0.4, -0.2) is 37.7 Å². The highest BCUT2D eigenvalue weighted by atomic mass is 32.2. The van der Waals surface area contributed by atoms with Crippen molar-refractivity contribution in [1.29, 1.82) is 0 Å². The van der Waals surface area contributed by atoms with Gasteiger partial charge in [0, 0.05) is 30.6 Å². The van der Waals surface area contributed by atoms with Gasteiger partial charge in [-0.3, -0.25) is 4.90 Å². The largest absolute Gasteiger partial charge is 0.314 e. The summed E-state index contributed by atoms with van der Waals surface area (Å²) >= 11 is 2.05. The van der Waals surface area contributed by atoms with Crippen molar-refractivity contribution in [2.24, 2.45) is 0 Å². The quantitative estimate of drug-likeness (QED) is 0.839. The Bertz CT molecular complexity index is 635. The van der Waals surface area contributed by atoms with Gasteiger partial charge in [0.25, 0.3) is 0 Å². The van der Waals surface area contributed by atoms with Crippen molar-refractivity contribution >= 4 is 11.8 Å². The van der Waals surface area contributed by atoms with E-state index in [9.17, 15) is 0 Å². The van der Waals surface area contributed by atoms with Crippen molar-refractivity contribution in [3.8, 4) is 0 Å². The van der Waals surface area contributed by atoms with Gasteiger partial charge in [-0.25, -0.2) is 0 Å². The molecule has 1 atom stereocenters. The zero-order valence-electron chi connectivity index (χ0n) is 14.3. The van der Waals surface area contributed by atoms with Crippen molar-refractivity contribution in [1.82, 2.24) is 19.7 Å². The van der Waals surface area contributed by atoms with E-state index in [0.29, 0.717) is 6.04 Å². The van der Waals surface area contributed by atoms with E-state index < -0.39 is 0 Å². The highest BCUT2D eigenvalue weighted by molar-refractivity contribution is 7.99. The predicted molar refractivity (Wildman–Crippen MR) is 96.7 cm³/mol. The Morgan fingerprint density at radius 2 is 1.96 bits per heavy atom. The fraction of sp³-hybridized carbons (Fsp3) is 0.556. The SMILES string of the molecule is CCCn1c(C)nnc1CN1CCSC[C@@H]1c1ccc(C)cc1. The summed E-state index contributed by atoms with van der Waals surface area (Å²) in [5.41, 5.74) is 2.74. The van der Waals surface area contributed by atoms with Crippen LogP contribution in [0.25, 0.3) is 0 Å². The first-order valence-electron chi connectivity index (χ1n) is 8.46. The first-order valence-corrected chi connectivity index (χ1v) is 9.61. The van der Waals surface area contributed by atoms with E-state index >= 15 is 0 Å². The van der Waals surface area contributed by atoms with Gasteiger partial charge < -0.3 is 4.57 Å². The molecule has 3 rings (SSSR count). The minimum absolute atomic E-state index is 0.474. The first kappa shape index (κ1) is 16.5. The second-order valence-electron chi connectivity index (χ2n) is 6.29. The van der Waals surface area contributed by atoms with Crippen LogP contribution in [0.2, 0.25) is 0 Å². The summed E-state index contributed by atoms with van der Waals surface area (Å²) < 4.78 is 2.27. The zero-order valence-corrected chi connectivity index (χ0v) is 15.1. The molecule has 1 aromatic heterocycles. The lowest BCUT2D eigenvalue weighted by atomic mass is 10.0. The molecule has 0 radical (unpaired) electrons. The number of thioether (sulfide) groups is 1. The van der Waals surface area contributed by atoms with Crippen molar-refractivity contribution in [3.05, 3.63) is 47.0 Å². The van der Waals surface area contributed by atoms with Gasteiger partial charge in [-0.1, -0.05) is 36.8 Å². The Hall–Kier alpha value is -1.33. The van der Waals surface area contributed by atoms with Crippen LogP contribution >= 0.6 is 11.8 Å². The Balaban J connectivity index is 1.80. The third kappa shape index (κ3) is 3.78. The molecule has 0 spiro atoms. The molecule has 1 saturated heterocycles. The van der Waals surface area contributed by atoms with Crippen LogP contribution in [0.3, 0.4) is 0 Å². The molecule has 1 fully saturated rings. The zero-order chi connectivity index (χ0) is 16.2. The molecule has 0 saturated carbocycles. The Kier molecular flexibility index (Phi) is 5.38. The summed E-state index contributed by atoms with van der Waals surface area (Å²) in [6, 6.07) is 9.47. The van der Waals surface area contributed by atoms with E-state index in [1.165, 1.54) is 16.9 Å². The van der Waals surface area contributed by atoms with Crippen LogP contribution < -0.4 is 0 Å². The lowest BCUT2D eigenvalue weighted by Crippen LogP contribution is -2.36. The standard InChI is InChI=1S/C18H26N4S/c1-4-9-22-15(3)19-20-18(22)12-21-10-11-23-13-17(21)16-7-5-14(2)6-8-16/h5-8,17H,4,9-13H2,1-3H3/t17-/m1/s1. The normalized spacial score (nSPS) is 19.2. The van der Waals surface area contributed by atoms with Crippen molar-refractivity contribution < 1.29 is 0 Å². The maximum absolute atomic E-state index is 4.44. The third-order valence-electron chi connectivity index (χ3n) is 4.51. The summed E-state index contributed by atoms with van der Waals surface area (Å²) in [6.45, 7) is 9.41. The molecule has 0 N–H and O–H groups in total. The summed E-state index contributed by atoms with van der Waals surface area (Å²) in [7, 11) is 0. The van der Waals surface area contributed by atoms with E-state index in [0.717, 1.165) is 43.5 Å². The molecule has 5 heteroatoms. The Morgan fingerprint density at radius 1 is 1.17 bits per heavy atom. The monoisotopic (exact) mass is 330 g/mol. The number of nitrogens with zero attached hydrogens (tertiary/aromatic N) is 4. The smallest absolute Gasteiger partial charge is 0.147 e. The van der Waals surface area contributed by atoms with E-state index in [1.54, 1.807) is 0 Å². The molecule has 1 aromatic carbocycles. The fourth-order valence-corrected chi connectivity index (χ4v) is 4.32. The van der Waals surface area contributed by atoms with Gasteiger partial charge in [0.15, 0.2) is 0 Å². The van der Waals surface area contributed by atoms with Crippen molar-refractivity contribution in [2.75, 3.05) is 18.1 Å². The van der Waals surface area contributed by atoms with Gasteiger partial charge in [-0.05, 0) is 25.8 Å². The third-order valence-corrected chi connectivity index (χ3v) is 5.53. The van der Waals surface area contributed by atoms with Crippen LogP contribution in [0.5, 0.6) is 0 Å². The molecule has 1 aliphatic heterocycles. The number of aryl methyl sites for hydroxylation is 2. The molecule has 2 heterocycles. The minimum Gasteiger partial charge on any atom is -0.314 e. The molecule has 1 aliphatic rings. The van der Waals surface area contributed by atoms with E-state index in [4.69, 9.17) is 0 Å². The van der Waals surface area contributed by atoms with Crippen molar-refractivity contribution in [2.45, 2.75) is 46.3 Å². The number of benzene rings is 1. The maximum Gasteiger partial charge on any atom is 0.147 e. The average Bonchev–Trinajstić information content (AvgIpc) is 2.90. The minimum atomic E-state index is 0.474. The molecule has 4 nitrogen and oxygen atoms in total. The van der Waals surface area contributed by atoms with Gasteiger partial charge >= 0.3 is 0 Å². The molecule has 2 aromatic rings. The van der Waals surface area contributed by atoms with Crippen LogP contribution in [0, 0.1) is 13.8 Å². The molecule has 0 aliphatic carbocycles. The van der Waals surface area contributed by atoms with Gasteiger partial charge in [-0.15, -0.1) is 10.2 Å². The summed E-state index contributed by atoms with van der Waals surface area (Å²) in [6.07, 6.45) is 1.11. The molecular weight excluding hydrogens is 304 g/mol. The van der Waals surface area contributed by atoms with Gasteiger partial charge in [0.2, 0.25) is 0 Å².